The Morgan fingerprint density at radius 1 is 1.50 bits per heavy atom. The maximum absolute atomic E-state index is 3.44. The van der Waals surface area contributed by atoms with E-state index in [1.54, 1.807) is 0 Å². The fraction of sp³-hybridized carbons (Fsp3) is 0.625. The van der Waals surface area contributed by atoms with Crippen molar-refractivity contribution in [2.45, 2.75) is 20.8 Å². The van der Waals surface area contributed by atoms with Crippen LogP contribution in [0.5, 0.6) is 0 Å². The molecule has 0 heterocycles. The van der Waals surface area contributed by atoms with Gasteiger partial charge in [-0.05, 0) is 5.33 Å². The molecule has 0 bridgehead atoms. The molecule has 0 rings (SSSR count). The van der Waals surface area contributed by atoms with Gasteiger partial charge in [-0.3, -0.25) is 0 Å². The van der Waals surface area contributed by atoms with E-state index < -0.39 is 0 Å². The first-order valence-corrected chi connectivity index (χ1v) is 4.27. The average Bonchev–Trinajstić information content (AvgIpc) is 1.84. The number of allylic oxidation sites excluding steroid dienone is 2. The molecule has 0 spiro atoms. The van der Waals surface area contributed by atoms with Gasteiger partial charge in [-0.1, -0.05) is 35.2 Å². The van der Waals surface area contributed by atoms with E-state index >= 15 is 0 Å². The van der Waals surface area contributed by atoms with Crippen molar-refractivity contribution in [1.29, 1.82) is 0 Å². The molecule has 0 aromatic carbocycles. The Kier molecular flexibility index (Phi) is 8.51. The molecule has 10 heavy (non-hydrogen) atoms. The van der Waals surface area contributed by atoms with Gasteiger partial charge >= 0.3 is 18.9 Å². The van der Waals surface area contributed by atoms with Crippen LogP contribution in [-0.4, -0.2) is 5.33 Å². The average molecular weight is 197 g/mol. The van der Waals surface area contributed by atoms with Crippen LogP contribution in [0.1, 0.15) is 20.8 Å². The number of hydrogen-bond donors (Lipinski definition) is 0. The van der Waals surface area contributed by atoms with Gasteiger partial charge in [0.2, 0.25) is 0 Å². The van der Waals surface area contributed by atoms with E-state index in [2.05, 4.69) is 41.9 Å². The molecule has 0 nitrogen and oxygen atoms in total. The minimum absolute atomic E-state index is 0. The summed E-state index contributed by atoms with van der Waals surface area (Å²) in [5.74, 6) is 0. The van der Waals surface area contributed by atoms with Gasteiger partial charge in [0.05, 0.1) is 0 Å². The van der Waals surface area contributed by atoms with E-state index in [0.717, 1.165) is 5.33 Å². The van der Waals surface area contributed by atoms with E-state index in [9.17, 15) is 0 Å². The van der Waals surface area contributed by atoms with Crippen LogP contribution in [0.25, 0.3) is 0 Å². The monoisotopic (exact) mass is 196 g/mol. The van der Waals surface area contributed by atoms with E-state index in [1.165, 1.54) is 0 Å². The first kappa shape index (κ1) is 13.3. The second kappa shape index (κ2) is 6.40. The summed E-state index contributed by atoms with van der Waals surface area (Å²) in [6, 6.07) is 0. The molecule has 0 amide bonds. The van der Waals surface area contributed by atoms with Crippen molar-refractivity contribution >= 4 is 15.9 Å². The Balaban J connectivity index is 0. The Labute approximate surface area is 84.8 Å². The summed E-state index contributed by atoms with van der Waals surface area (Å²) in [4.78, 5) is 0. The van der Waals surface area contributed by atoms with Gasteiger partial charge in [-0.15, -0.1) is 6.92 Å². The van der Waals surface area contributed by atoms with Gasteiger partial charge in [0.1, 0.15) is 0 Å². The molecule has 0 unspecified atom stereocenters. The van der Waals surface area contributed by atoms with Crippen LogP contribution in [-0.2, 0) is 0 Å². The van der Waals surface area contributed by atoms with Crippen LogP contribution < -0.4 is 18.9 Å². The van der Waals surface area contributed by atoms with E-state index in [4.69, 9.17) is 0 Å². The predicted molar refractivity (Wildman–Crippen MR) is 46.7 cm³/mol. The summed E-state index contributed by atoms with van der Waals surface area (Å²) in [5, 5.41) is 1.02. The van der Waals surface area contributed by atoms with Gasteiger partial charge in [0.15, 0.2) is 0 Å². The third-order valence-electron chi connectivity index (χ3n) is 1.08. The fourth-order valence-electron chi connectivity index (χ4n) is 0.401. The third kappa shape index (κ3) is 6.80. The smallest absolute Gasteiger partial charge is 0.233 e. The SMILES string of the molecule is C[CH-]C=CC(C)(C)CBr.[Li+]. The van der Waals surface area contributed by atoms with Crippen LogP contribution in [0.2, 0.25) is 0 Å². The molecule has 0 saturated heterocycles. The summed E-state index contributed by atoms with van der Waals surface area (Å²) >= 11 is 3.44. The van der Waals surface area contributed by atoms with E-state index in [1.807, 2.05) is 13.3 Å². The van der Waals surface area contributed by atoms with Crippen LogP contribution in [0.4, 0.5) is 0 Å². The maximum Gasteiger partial charge on any atom is 1.00 e. The van der Waals surface area contributed by atoms with Crippen molar-refractivity contribution in [1.82, 2.24) is 0 Å². The van der Waals surface area contributed by atoms with Gasteiger partial charge in [0.25, 0.3) is 0 Å². The number of halogens is 1. The zero-order valence-electron chi connectivity index (χ0n) is 7.32. The predicted octanol–water partition coefficient (Wildman–Crippen LogP) is 0.192. The molecule has 0 aliphatic heterocycles. The van der Waals surface area contributed by atoms with Crippen molar-refractivity contribution in [2.75, 3.05) is 5.33 Å². The molecule has 0 aromatic rings. The summed E-state index contributed by atoms with van der Waals surface area (Å²) < 4.78 is 0. The number of alkyl halides is 1. The van der Waals surface area contributed by atoms with Gasteiger partial charge < -0.3 is 0 Å². The van der Waals surface area contributed by atoms with Crippen molar-refractivity contribution < 1.29 is 18.9 Å². The van der Waals surface area contributed by atoms with Gasteiger partial charge in [0, 0.05) is 0 Å². The minimum atomic E-state index is 0. The van der Waals surface area contributed by atoms with Crippen molar-refractivity contribution in [2.24, 2.45) is 5.41 Å². The zero-order valence-corrected chi connectivity index (χ0v) is 8.90. The molecule has 0 N–H and O–H groups in total. The van der Waals surface area contributed by atoms with Crippen LogP contribution in [0.15, 0.2) is 12.2 Å². The Bertz CT molecular complexity index is 97.4. The van der Waals surface area contributed by atoms with Crippen molar-refractivity contribution in [3.8, 4) is 0 Å². The van der Waals surface area contributed by atoms with Crippen LogP contribution in [0, 0.1) is 11.8 Å². The second-order valence-corrected chi connectivity index (χ2v) is 3.38. The number of hydrogen-bond acceptors (Lipinski definition) is 0. The standard InChI is InChI=1S/C8H14Br.Li/c1-4-5-6-8(2,3)7-9;/h4-6H,7H2,1-3H3;/q-1;+1. The molecule has 0 saturated carbocycles. The fourth-order valence-corrected chi connectivity index (χ4v) is 0.588. The molecule has 0 aliphatic carbocycles. The van der Waals surface area contributed by atoms with Gasteiger partial charge in [-0.2, -0.15) is 0 Å². The first-order chi connectivity index (χ1) is 4.12. The molecular weight excluding hydrogens is 183 g/mol. The Hall–Kier alpha value is 0.687. The third-order valence-corrected chi connectivity index (χ3v) is 2.53. The van der Waals surface area contributed by atoms with Crippen LogP contribution in [0.3, 0.4) is 0 Å². The van der Waals surface area contributed by atoms with Crippen molar-refractivity contribution in [3.63, 3.8) is 0 Å². The molecule has 54 valence electrons. The molecular formula is C8H14BrLi. The Morgan fingerprint density at radius 3 is 2.30 bits per heavy atom. The summed E-state index contributed by atoms with van der Waals surface area (Å²) in [6.45, 7) is 6.42. The topological polar surface area (TPSA) is 0 Å². The second-order valence-electron chi connectivity index (χ2n) is 2.81. The number of rotatable bonds is 3. The van der Waals surface area contributed by atoms with E-state index in [0.29, 0.717) is 5.41 Å². The molecule has 0 aromatic heterocycles. The first-order valence-electron chi connectivity index (χ1n) is 3.15. The Morgan fingerprint density at radius 2 is 2.00 bits per heavy atom. The van der Waals surface area contributed by atoms with E-state index in [-0.39, 0.29) is 18.9 Å². The minimum Gasteiger partial charge on any atom is -0.233 e. The largest absolute Gasteiger partial charge is 1.00 e. The molecule has 0 atom stereocenters. The van der Waals surface area contributed by atoms with Gasteiger partial charge in [-0.25, -0.2) is 18.6 Å². The molecule has 0 fully saturated rings. The quantitative estimate of drug-likeness (QED) is 0.344. The zero-order chi connectivity index (χ0) is 7.33. The molecule has 2 heteroatoms. The summed E-state index contributed by atoms with van der Waals surface area (Å²) in [7, 11) is 0. The normalized spacial score (nSPS) is 11.2. The maximum atomic E-state index is 3.44. The summed E-state index contributed by atoms with van der Waals surface area (Å²) in [5.41, 5.74) is 0.298. The van der Waals surface area contributed by atoms with Crippen molar-refractivity contribution in [3.05, 3.63) is 18.6 Å². The molecule has 0 aliphatic rings. The van der Waals surface area contributed by atoms with Crippen LogP contribution >= 0.6 is 15.9 Å². The molecule has 0 radical (unpaired) electrons. The summed E-state index contributed by atoms with van der Waals surface area (Å²) in [6.07, 6.45) is 6.33.